The van der Waals surface area contributed by atoms with E-state index in [1.54, 1.807) is 31.5 Å². The summed E-state index contributed by atoms with van der Waals surface area (Å²) >= 11 is 0. The molecular formula is C10H11N3O2. The summed E-state index contributed by atoms with van der Waals surface area (Å²) in [5.41, 5.74) is 1.50. The highest BCUT2D eigenvalue weighted by atomic mass is 16.6. The van der Waals surface area contributed by atoms with Gasteiger partial charge in [-0.15, -0.1) is 0 Å². The molecule has 5 heteroatoms. The van der Waals surface area contributed by atoms with E-state index < -0.39 is 0 Å². The fourth-order valence-electron chi connectivity index (χ4n) is 1.68. The second kappa shape index (κ2) is 3.61. The molecule has 0 aromatic heterocycles. The molecule has 0 fully saturated rings. The average Bonchev–Trinajstić information content (AvgIpc) is 2.69. The van der Waals surface area contributed by atoms with E-state index in [2.05, 4.69) is 10.6 Å². The largest absolute Gasteiger partial charge is 0.366 e. The van der Waals surface area contributed by atoms with Crippen LogP contribution in [0.4, 0.5) is 5.69 Å². The van der Waals surface area contributed by atoms with Gasteiger partial charge in [-0.05, 0) is 13.0 Å². The smallest absolute Gasteiger partial charge is 0.279 e. The van der Waals surface area contributed by atoms with Crippen molar-refractivity contribution in [1.29, 1.82) is 0 Å². The number of benzene rings is 1. The minimum atomic E-state index is -0.341. The van der Waals surface area contributed by atoms with Gasteiger partial charge in [-0.3, -0.25) is 10.1 Å². The van der Waals surface area contributed by atoms with Gasteiger partial charge in [0.05, 0.1) is 10.5 Å². The molecule has 78 valence electrons. The van der Waals surface area contributed by atoms with Crippen LogP contribution in [-0.2, 0) is 0 Å². The molecule has 0 saturated carbocycles. The van der Waals surface area contributed by atoms with Gasteiger partial charge in [-0.25, -0.2) is 0 Å². The molecule has 0 unspecified atom stereocenters. The molecule has 2 rings (SSSR count). The van der Waals surface area contributed by atoms with E-state index in [0.29, 0.717) is 11.1 Å². The minimum absolute atomic E-state index is 0.172. The molecule has 0 amide bonds. The second-order valence-corrected chi connectivity index (χ2v) is 3.37. The van der Waals surface area contributed by atoms with E-state index in [-0.39, 0.29) is 16.8 Å². The standard InChI is InChI=1S/C10H11N3O2/c1-7-3-2-4-8(9(7)13(14)15)10-11-5-6-12-10/h2-6,10-12H,1H3. The molecule has 2 N–H and O–H groups in total. The van der Waals surface area contributed by atoms with Crippen LogP contribution in [0.5, 0.6) is 0 Å². The van der Waals surface area contributed by atoms with Gasteiger partial charge in [0.1, 0.15) is 6.17 Å². The Bertz CT molecular complexity index is 421. The number of rotatable bonds is 2. The van der Waals surface area contributed by atoms with Gasteiger partial charge in [0, 0.05) is 18.0 Å². The number of hydrogen-bond donors (Lipinski definition) is 2. The lowest BCUT2D eigenvalue weighted by Gasteiger charge is -2.13. The zero-order chi connectivity index (χ0) is 10.8. The first-order chi connectivity index (χ1) is 7.20. The fraction of sp³-hybridized carbons (Fsp3) is 0.200. The van der Waals surface area contributed by atoms with E-state index in [1.165, 1.54) is 0 Å². The lowest BCUT2D eigenvalue weighted by atomic mass is 10.1. The highest BCUT2D eigenvalue weighted by Gasteiger charge is 2.23. The zero-order valence-electron chi connectivity index (χ0n) is 8.23. The van der Waals surface area contributed by atoms with Gasteiger partial charge in [-0.2, -0.15) is 0 Å². The van der Waals surface area contributed by atoms with Gasteiger partial charge < -0.3 is 10.6 Å². The molecule has 0 spiro atoms. The fourth-order valence-corrected chi connectivity index (χ4v) is 1.68. The first-order valence-electron chi connectivity index (χ1n) is 4.61. The molecule has 0 aliphatic carbocycles. The van der Waals surface area contributed by atoms with Crippen molar-refractivity contribution in [3.05, 3.63) is 51.8 Å². The Kier molecular flexibility index (Phi) is 2.29. The summed E-state index contributed by atoms with van der Waals surface area (Å²) in [6.45, 7) is 1.74. The summed E-state index contributed by atoms with van der Waals surface area (Å²) in [6, 6.07) is 5.31. The third-order valence-corrected chi connectivity index (χ3v) is 2.37. The van der Waals surface area contributed by atoms with Crippen LogP contribution in [0.3, 0.4) is 0 Å². The molecule has 1 aromatic carbocycles. The molecule has 1 aliphatic heterocycles. The Balaban J connectivity index is 2.45. The maximum Gasteiger partial charge on any atom is 0.279 e. The molecule has 0 saturated heterocycles. The molecule has 1 aromatic rings. The Hall–Kier alpha value is -2.04. The van der Waals surface area contributed by atoms with Crippen LogP contribution in [0.2, 0.25) is 0 Å². The van der Waals surface area contributed by atoms with Crippen LogP contribution in [-0.4, -0.2) is 4.92 Å². The van der Waals surface area contributed by atoms with Crippen molar-refractivity contribution in [2.75, 3.05) is 0 Å². The third-order valence-electron chi connectivity index (χ3n) is 2.37. The zero-order valence-corrected chi connectivity index (χ0v) is 8.23. The first-order valence-corrected chi connectivity index (χ1v) is 4.61. The van der Waals surface area contributed by atoms with Crippen LogP contribution in [0.1, 0.15) is 17.3 Å². The van der Waals surface area contributed by atoms with Crippen molar-refractivity contribution in [2.24, 2.45) is 0 Å². The van der Waals surface area contributed by atoms with Crippen LogP contribution in [0.15, 0.2) is 30.6 Å². The van der Waals surface area contributed by atoms with Crippen molar-refractivity contribution in [2.45, 2.75) is 13.1 Å². The average molecular weight is 205 g/mol. The van der Waals surface area contributed by atoms with E-state index in [4.69, 9.17) is 0 Å². The Morgan fingerprint density at radius 1 is 1.33 bits per heavy atom. The quantitative estimate of drug-likeness (QED) is 0.568. The Labute approximate surface area is 86.9 Å². The normalized spacial score (nSPS) is 14.7. The van der Waals surface area contributed by atoms with Gasteiger partial charge >= 0.3 is 0 Å². The molecule has 1 aliphatic rings. The number of nitrogens with one attached hydrogen (secondary N) is 2. The van der Waals surface area contributed by atoms with E-state index in [0.717, 1.165) is 0 Å². The molecule has 0 radical (unpaired) electrons. The van der Waals surface area contributed by atoms with E-state index in [9.17, 15) is 10.1 Å². The maximum absolute atomic E-state index is 10.9. The summed E-state index contributed by atoms with van der Waals surface area (Å²) < 4.78 is 0. The Morgan fingerprint density at radius 2 is 2.00 bits per heavy atom. The third kappa shape index (κ3) is 1.63. The predicted molar refractivity (Wildman–Crippen MR) is 56.0 cm³/mol. The molecule has 1 heterocycles. The number of nitrogens with zero attached hydrogens (tertiary/aromatic N) is 1. The Morgan fingerprint density at radius 3 is 2.60 bits per heavy atom. The summed E-state index contributed by atoms with van der Waals surface area (Å²) in [6.07, 6.45) is 3.26. The molecule has 5 nitrogen and oxygen atoms in total. The van der Waals surface area contributed by atoms with Crippen molar-refractivity contribution in [3.8, 4) is 0 Å². The number of para-hydroxylation sites is 1. The SMILES string of the molecule is Cc1cccc(C2NC=CN2)c1[N+](=O)[O-]. The summed E-state index contributed by atoms with van der Waals surface area (Å²) in [7, 11) is 0. The monoisotopic (exact) mass is 205 g/mol. The van der Waals surface area contributed by atoms with Gasteiger partial charge in [0.2, 0.25) is 0 Å². The number of hydrogen-bond acceptors (Lipinski definition) is 4. The van der Waals surface area contributed by atoms with Crippen molar-refractivity contribution >= 4 is 5.69 Å². The number of aryl methyl sites for hydroxylation is 1. The van der Waals surface area contributed by atoms with E-state index >= 15 is 0 Å². The number of nitro benzene ring substituents is 1. The summed E-state index contributed by atoms with van der Waals surface area (Å²) in [4.78, 5) is 10.6. The van der Waals surface area contributed by atoms with Crippen LogP contribution in [0, 0.1) is 17.0 Å². The van der Waals surface area contributed by atoms with Crippen LogP contribution < -0.4 is 10.6 Å². The molecular weight excluding hydrogens is 194 g/mol. The lowest BCUT2D eigenvalue weighted by Crippen LogP contribution is -2.22. The predicted octanol–water partition coefficient (Wildman–Crippen LogP) is 1.57. The highest BCUT2D eigenvalue weighted by Crippen LogP contribution is 2.28. The van der Waals surface area contributed by atoms with Gasteiger partial charge in [-0.1, -0.05) is 12.1 Å². The van der Waals surface area contributed by atoms with Crippen molar-refractivity contribution < 1.29 is 4.92 Å². The first kappa shape index (κ1) is 9.51. The summed E-state index contributed by atoms with van der Waals surface area (Å²) in [5, 5.41) is 16.9. The van der Waals surface area contributed by atoms with Crippen molar-refractivity contribution in [1.82, 2.24) is 10.6 Å². The number of nitro groups is 1. The minimum Gasteiger partial charge on any atom is -0.366 e. The molecule has 15 heavy (non-hydrogen) atoms. The van der Waals surface area contributed by atoms with Crippen LogP contribution >= 0.6 is 0 Å². The second-order valence-electron chi connectivity index (χ2n) is 3.37. The lowest BCUT2D eigenvalue weighted by molar-refractivity contribution is -0.386. The van der Waals surface area contributed by atoms with Crippen LogP contribution in [0.25, 0.3) is 0 Å². The topological polar surface area (TPSA) is 67.2 Å². The summed E-state index contributed by atoms with van der Waals surface area (Å²) in [5.74, 6) is 0. The molecule has 0 atom stereocenters. The van der Waals surface area contributed by atoms with E-state index in [1.807, 2.05) is 6.07 Å². The van der Waals surface area contributed by atoms with Gasteiger partial charge in [0.15, 0.2) is 0 Å². The van der Waals surface area contributed by atoms with Gasteiger partial charge in [0.25, 0.3) is 5.69 Å². The highest BCUT2D eigenvalue weighted by molar-refractivity contribution is 5.49. The molecule has 0 bridgehead atoms. The van der Waals surface area contributed by atoms with Crippen molar-refractivity contribution in [3.63, 3.8) is 0 Å². The maximum atomic E-state index is 10.9.